The van der Waals surface area contributed by atoms with Crippen LogP contribution in [0.5, 0.6) is 0 Å². The third kappa shape index (κ3) is 48.9. The molecule has 0 rings (SSSR count). The van der Waals surface area contributed by atoms with E-state index in [1.165, 1.54) is 0 Å². The monoisotopic (exact) mass is 746 g/mol. The molecule has 0 atom stereocenters. The van der Waals surface area contributed by atoms with Crippen LogP contribution < -0.4 is 0 Å². The first-order chi connectivity index (χ1) is 25.3. The second kappa shape index (κ2) is 47.0. The van der Waals surface area contributed by atoms with Gasteiger partial charge in [-0.1, -0.05) is 6.58 Å². The van der Waals surface area contributed by atoms with Crippen molar-refractivity contribution in [3.8, 4) is 0 Å². The van der Waals surface area contributed by atoms with Gasteiger partial charge in [0, 0.05) is 6.61 Å². The van der Waals surface area contributed by atoms with Crippen molar-refractivity contribution in [1.29, 1.82) is 0 Å². The van der Waals surface area contributed by atoms with E-state index >= 15 is 0 Å². The number of allylic oxidation sites excluding steroid dienone is 1. The molecular weight excluding hydrogens is 676 g/mol. The summed E-state index contributed by atoms with van der Waals surface area (Å²) in [6, 6.07) is 0. The first kappa shape index (κ1) is 49.9. The highest BCUT2D eigenvalue weighted by Crippen LogP contribution is 1.90. The van der Waals surface area contributed by atoms with Crippen LogP contribution in [-0.4, -0.2) is 205 Å². The molecule has 0 unspecified atom stereocenters. The molecule has 51 heavy (non-hydrogen) atoms. The van der Waals surface area contributed by atoms with Crippen LogP contribution in [0.1, 0.15) is 13.8 Å². The maximum Gasteiger partial charge on any atom is 0.111 e. The maximum absolute atomic E-state index is 5.49. The summed E-state index contributed by atoms with van der Waals surface area (Å²) in [5, 5.41) is 0. The number of hydrogen-bond acceptors (Lipinski definition) is 16. The zero-order valence-electron chi connectivity index (χ0n) is 31.7. The van der Waals surface area contributed by atoms with Gasteiger partial charge in [-0.15, -0.1) is 0 Å². The Morgan fingerprint density at radius 1 is 0.255 bits per heavy atom. The fourth-order valence-electron chi connectivity index (χ4n) is 3.50. The van der Waals surface area contributed by atoms with Gasteiger partial charge in [0.15, 0.2) is 0 Å². The molecule has 0 aromatic carbocycles. The zero-order chi connectivity index (χ0) is 36.8. The Morgan fingerprint density at radius 2 is 0.392 bits per heavy atom. The summed E-state index contributed by atoms with van der Waals surface area (Å²) in [6.45, 7) is 23.7. The van der Waals surface area contributed by atoms with Gasteiger partial charge in [0.2, 0.25) is 0 Å². The van der Waals surface area contributed by atoms with Crippen molar-refractivity contribution in [2.24, 2.45) is 0 Å². The van der Waals surface area contributed by atoms with Crippen molar-refractivity contribution >= 4 is 0 Å². The molecule has 0 aromatic heterocycles. The lowest BCUT2D eigenvalue weighted by atomic mass is 10.6. The minimum absolute atomic E-state index is 0.503. The first-order valence-corrected chi connectivity index (χ1v) is 18.2. The molecule has 16 heteroatoms. The summed E-state index contributed by atoms with van der Waals surface area (Å²) < 4.78 is 86.7. The largest absolute Gasteiger partial charge is 0.496 e. The zero-order valence-corrected chi connectivity index (χ0v) is 31.7. The molecule has 0 amide bonds. The molecule has 0 aliphatic carbocycles. The standard InChI is InChI=1S/C35H70O16/c1-4-36-5-6-37-7-8-38-9-10-39-11-12-40-13-14-41-15-16-42-17-18-43-19-20-44-21-22-45-23-24-46-25-26-47-27-28-48-29-30-49-31-32-50-33-34-51-35(2)3/h2,4-34H2,1,3H3. The lowest BCUT2D eigenvalue weighted by molar-refractivity contribution is -0.0301. The highest BCUT2D eigenvalue weighted by molar-refractivity contribution is 4.72. The van der Waals surface area contributed by atoms with E-state index in [-0.39, 0.29) is 0 Å². The van der Waals surface area contributed by atoms with E-state index in [4.69, 9.17) is 75.8 Å². The van der Waals surface area contributed by atoms with Gasteiger partial charge in [0.05, 0.1) is 197 Å². The van der Waals surface area contributed by atoms with E-state index in [9.17, 15) is 0 Å². The SMILES string of the molecule is C=C(C)OCCOCCOCCOCCOCCOCCOCCOCCOCCOCCOCCOCCOCCOCCOCCOCC. The van der Waals surface area contributed by atoms with Gasteiger partial charge < -0.3 is 75.8 Å². The van der Waals surface area contributed by atoms with Gasteiger partial charge in [-0.25, -0.2) is 0 Å². The summed E-state index contributed by atoms with van der Waals surface area (Å²) in [5.41, 5.74) is 0. The highest BCUT2D eigenvalue weighted by Gasteiger charge is 1.97. The quantitative estimate of drug-likeness (QED) is 0.0658. The fraction of sp³-hybridized carbons (Fsp3) is 0.943. The molecule has 16 nitrogen and oxygen atoms in total. The van der Waals surface area contributed by atoms with E-state index in [1.807, 2.05) is 13.8 Å². The van der Waals surface area contributed by atoms with Crippen molar-refractivity contribution in [3.05, 3.63) is 12.3 Å². The highest BCUT2D eigenvalue weighted by atomic mass is 16.6. The minimum atomic E-state index is 0.503. The van der Waals surface area contributed by atoms with Gasteiger partial charge in [-0.05, 0) is 13.8 Å². The van der Waals surface area contributed by atoms with Crippen LogP contribution in [0, 0.1) is 0 Å². The topological polar surface area (TPSA) is 148 Å². The summed E-state index contributed by atoms with van der Waals surface area (Å²) in [4.78, 5) is 0. The van der Waals surface area contributed by atoms with Crippen molar-refractivity contribution in [2.45, 2.75) is 13.8 Å². The lowest BCUT2D eigenvalue weighted by Gasteiger charge is -2.09. The lowest BCUT2D eigenvalue weighted by Crippen LogP contribution is -2.15. The molecule has 0 saturated heterocycles. The molecule has 0 aliphatic rings. The molecule has 0 aromatic rings. The fourth-order valence-corrected chi connectivity index (χ4v) is 3.50. The second-order valence-corrected chi connectivity index (χ2v) is 10.3. The van der Waals surface area contributed by atoms with Crippen molar-refractivity contribution in [1.82, 2.24) is 0 Å². The summed E-state index contributed by atoms with van der Waals surface area (Å²) in [6.07, 6.45) is 0. The van der Waals surface area contributed by atoms with E-state index in [1.54, 1.807) is 0 Å². The molecule has 0 saturated carbocycles. The smallest absolute Gasteiger partial charge is 0.111 e. The van der Waals surface area contributed by atoms with Crippen LogP contribution in [-0.2, 0) is 75.8 Å². The molecule has 0 spiro atoms. The molecule has 306 valence electrons. The van der Waals surface area contributed by atoms with Gasteiger partial charge >= 0.3 is 0 Å². The predicted molar refractivity (Wildman–Crippen MR) is 189 cm³/mol. The molecule has 0 heterocycles. The number of rotatable bonds is 47. The van der Waals surface area contributed by atoms with E-state index in [0.717, 1.165) is 0 Å². The van der Waals surface area contributed by atoms with Gasteiger partial charge in [0.25, 0.3) is 0 Å². The van der Waals surface area contributed by atoms with Crippen molar-refractivity contribution < 1.29 is 75.8 Å². The number of ether oxygens (including phenoxy) is 16. The van der Waals surface area contributed by atoms with Gasteiger partial charge in [-0.2, -0.15) is 0 Å². The Balaban J connectivity index is 3.05. The third-order valence-corrected chi connectivity index (χ3v) is 5.99. The summed E-state index contributed by atoms with van der Waals surface area (Å²) in [5.74, 6) is 0.687. The van der Waals surface area contributed by atoms with Gasteiger partial charge in [-0.3, -0.25) is 0 Å². The first-order valence-electron chi connectivity index (χ1n) is 18.2. The Labute approximate surface area is 306 Å². The molecule has 0 aliphatic heterocycles. The van der Waals surface area contributed by atoms with Crippen molar-refractivity contribution in [2.75, 3.05) is 205 Å². The molecule has 0 bridgehead atoms. The summed E-state index contributed by atoms with van der Waals surface area (Å²) >= 11 is 0. The average Bonchev–Trinajstić information content (AvgIpc) is 3.13. The molecule has 0 fully saturated rings. The maximum atomic E-state index is 5.49. The Bertz CT molecular complexity index is 649. The van der Waals surface area contributed by atoms with E-state index in [0.29, 0.717) is 211 Å². The normalized spacial score (nSPS) is 11.5. The summed E-state index contributed by atoms with van der Waals surface area (Å²) in [7, 11) is 0. The predicted octanol–water partition coefficient (Wildman–Crippen LogP) is 1.81. The van der Waals surface area contributed by atoms with Crippen LogP contribution in [0.2, 0.25) is 0 Å². The number of hydrogen-bond donors (Lipinski definition) is 0. The Morgan fingerprint density at radius 3 is 0.529 bits per heavy atom. The van der Waals surface area contributed by atoms with Crippen LogP contribution >= 0.6 is 0 Å². The van der Waals surface area contributed by atoms with Crippen LogP contribution in [0.3, 0.4) is 0 Å². The average molecular weight is 747 g/mol. The van der Waals surface area contributed by atoms with E-state index in [2.05, 4.69) is 6.58 Å². The molecule has 0 N–H and O–H groups in total. The van der Waals surface area contributed by atoms with Crippen LogP contribution in [0.15, 0.2) is 12.3 Å². The second-order valence-electron chi connectivity index (χ2n) is 10.3. The minimum Gasteiger partial charge on any atom is -0.496 e. The molecule has 0 radical (unpaired) electrons. The molecular formula is C35H70O16. The van der Waals surface area contributed by atoms with Crippen LogP contribution in [0.4, 0.5) is 0 Å². The van der Waals surface area contributed by atoms with Crippen molar-refractivity contribution in [3.63, 3.8) is 0 Å². The third-order valence-electron chi connectivity index (χ3n) is 5.99. The Hall–Kier alpha value is -1.06. The van der Waals surface area contributed by atoms with Crippen LogP contribution in [0.25, 0.3) is 0 Å². The Kier molecular flexibility index (Phi) is 46.0. The van der Waals surface area contributed by atoms with Gasteiger partial charge in [0.1, 0.15) is 6.61 Å². The van der Waals surface area contributed by atoms with E-state index < -0.39 is 0 Å².